The van der Waals surface area contributed by atoms with Gasteiger partial charge in [0.05, 0.1) is 13.1 Å². The van der Waals surface area contributed by atoms with Gasteiger partial charge in [0, 0.05) is 7.05 Å². The molecule has 0 saturated carbocycles. The Morgan fingerprint density at radius 1 is 1.64 bits per heavy atom. The van der Waals surface area contributed by atoms with Crippen LogP contribution in [-0.4, -0.2) is 38.0 Å². The average Bonchev–Trinajstić information content (AvgIpc) is 2.00. The lowest BCUT2D eigenvalue weighted by molar-refractivity contribution is -0.128. The Morgan fingerprint density at radius 2 is 2.27 bits per heavy atom. The van der Waals surface area contributed by atoms with E-state index in [1.54, 1.807) is 25.9 Å². The summed E-state index contributed by atoms with van der Waals surface area (Å²) in [5, 5.41) is 2.79. The third kappa shape index (κ3) is 4.40. The number of carbonyl (C=O) groups is 1. The lowest BCUT2D eigenvalue weighted by Crippen LogP contribution is -2.34. The van der Waals surface area contributed by atoms with Gasteiger partial charge in [-0.15, -0.1) is 5.92 Å². The molecule has 0 aliphatic heterocycles. The molecule has 1 N–H and O–H groups in total. The van der Waals surface area contributed by atoms with Gasteiger partial charge in [-0.05, 0) is 14.0 Å². The first-order valence-corrected chi connectivity index (χ1v) is 3.50. The van der Waals surface area contributed by atoms with Crippen LogP contribution in [0.5, 0.6) is 0 Å². The zero-order chi connectivity index (χ0) is 8.69. The molecule has 0 heterocycles. The molecule has 0 aromatic heterocycles. The van der Waals surface area contributed by atoms with Gasteiger partial charge in [0.1, 0.15) is 0 Å². The fraction of sp³-hybridized carbons (Fsp3) is 0.625. The molecule has 1 amide bonds. The van der Waals surface area contributed by atoms with Gasteiger partial charge < -0.3 is 10.2 Å². The van der Waals surface area contributed by atoms with Crippen molar-refractivity contribution < 1.29 is 4.79 Å². The summed E-state index contributed by atoms with van der Waals surface area (Å²) in [5.74, 6) is 5.61. The molecule has 0 atom stereocenters. The molecule has 0 bridgehead atoms. The van der Waals surface area contributed by atoms with E-state index in [1.165, 1.54) is 0 Å². The van der Waals surface area contributed by atoms with E-state index in [0.717, 1.165) is 0 Å². The van der Waals surface area contributed by atoms with Crippen molar-refractivity contribution >= 4 is 5.91 Å². The molecule has 0 fully saturated rings. The third-order valence-corrected chi connectivity index (χ3v) is 1.25. The van der Waals surface area contributed by atoms with Crippen molar-refractivity contribution in [3.8, 4) is 11.8 Å². The number of rotatable bonds is 3. The van der Waals surface area contributed by atoms with Gasteiger partial charge in [0.25, 0.3) is 0 Å². The molecule has 0 unspecified atom stereocenters. The number of carbonyl (C=O) groups excluding carboxylic acids is 1. The van der Waals surface area contributed by atoms with Crippen molar-refractivity contribution in [2.24, 2.45) is 0 Å². The predicted octanol–water partition coefficient (Wildman–Crippen LogP) is -0.312. The molecule has 0 aliphatic rings. The van der Waals surface area contributed by atoms with Gasteiger partial charge >= 0.3 is 0 Å². The van der Waals surface area contributed by atoms with E-state index >= 15 is 0 Å². The second kappa shape index (κ2) is 5.75. The van der Waals surface area contributed by atoms with Gasteiger partial charge in [0.2, 0.25) is 5.91 Å². The number of nitrogens with one attached hydrogen (secondary N) is 1. The Hall–Kier alpha value is -1.01. The first-order chi connectivity index (χ1) is 5.22. The average molecular weight is 154 g/mol. The van der Waals surface area contributed by atoms with Crippen LogP contribution in [0.4, 0.5) is 0 Å². The van der Waals surface area contributed by atoms with Crippen LogP contribution in [-0.2, 0) is 4.79 Å². The summed E-state index contributed by atoms with van der Waals surface area (Å²) < 4.78 is 0. The van der Waals surface area contributed by atoms with Crippen LogP contribution in [0, 0.1) is 11.8 Å². The Kier molecular flexibility index (Phi) is 5.22. The summed E-state index contributed by atoms with van der Waals surface area (Å²) >= 11 is 0. The topological polar surface area (TPSA) is 32.3 Å². The summed E-state index contributed by atoms with van der Waals surface area (Å²) in [4.78, 5) is 12.6. The molecule has 3 heteroatoms. The highest BCUT2D eigenvalue weighted by molar-refractivity contribution is 5.78. The summed E-state index contributed by atoms with van der Waals surface area (Å²) in [7, 11) is 3.49. The van der Waals surface area contributed by atoms with Crippen LogP contribution >= 0.6 is 0 Å². The van der Waals surface area contributed by atoms with Crippen LogP contribution in [0.2, 0.25) is 0 Å². The van der Waals surface area contributed by atoms with E-state index in [1.807, 2.05) is 0 Å². The largest absolute Gasteiger partial charge is 0.334 e. The van der Waals surface area contributed by atoms with Crippen LogP contribution in [0.3, 0.4) is 0 Å². The van der Waals surface area contributed by atoms with Gasteiger partial charge in [-0.3, -0.25) is 4.79 Å². The van der Waals surface area contributed by atoms with Crippen molar-refractivity contribution in [3.63, 3.8) is 0 Å². The highest BCUT2D eigenvalue weighted by Crippen LogP contribution is 1.80. The fourth-order valence-corrected chi connectivity index (χ4v) is 0.572. The van der Waals surface area contributed by atoms with Crippen molar-refractivity contribution in [1.82, 2.24) is 10.2 Å². The van der Waals surface area contributed by atoms with Crippen LogP contribution in [0.1, 0.15) is 6.92 Å². The fourth-order valence-electron chi connectivity index (χ4n) is 0.572. The lowest BCUT2D eigenvalue weighted by Gasteiger charge is -2.12. The van der Waals surface area contributed by atoms with Crippen LogP contribution in [0.25, 0.3) is 0 Å². The zero-order valence-corrected chi connectivity index (χ0v) is 7.27. The number of likely N-dealkylation sites (N-methyl/N-ethyl adjacent to an activating group) is 2. The van der Waals surface area contributed by atoms with Gasteiger partial charge in [-0.25, -0.2) is 0 Å². The molecule has 11 heavy (non-hydrogen) atoms. The molecule has 62 valence electrons. The van der Waals surface area contributed by atoms with Crippen molar-refractivity contribution in [3.05, 3.63) is 0 Å². The molecule has 0 aromatic carbocycles. The van der Waals surface area contributed by atoms with Gasteiger partial charge in [-0.1, -0.05) is 5.92 Å². The first kappa shape index (κ1) is 9.99. The molecule has 0 aliphatic carbocycles. The molecule has 0 rings (SSSR count). The minimum Gasteiger partial charge on any atom is -0.334 e. The van der Waals surface area contributed by atoms with Crippen molar-refractivity contribution in [2.75, 3.05) is 27.2 Å². The smallest absolute Gasteiger partial charge is 0.237 e. The number of nitrogens with zero attached hydrogens (tertiary/aromatic N) is 1. The Morgan fingerprint density at radius 3 is 2.73 bits per heavy atom. The standard InChI is InChI=1S/C8H14N2O/c1-4-5-6-10(3)8(11)7-9-2/h9H,6-7H2,1-3H3. The third-order valence-electron chi connectivity index (χ3n) is 1.25. The molecule has 3 nitrogen and oxygen atoms in total. The van der Waals surface area contributed by atoms with Crippen molar-refractivity contribution in [1.29, 1.82) is 0 Å². The Bertz CT molecular complexity index is 178. The van der Waals surface area contributed by atoms with E-state index < -0.39 is 0 Å². The highest BCUT2D eigenvalue weighted by Gasteiger charge is 2.03. The van der Waals surface area contributed by atoms with Crippen LogP contribution < -0.4 is 5.32 Å². The maximum atomic E-state index is 11.0. The lowest BCUT2D eigenvalue weighted by atomic mass is 10.5. The van der Waals surface area contributed by atoms with E-state index in [4.69, 9.17) is 0 Å². The van der Waals surface area contributed by atoms with E-state index in [-0.39, 0.29) is 5.91 Å². The summed E-state index contributed by atoms with van der Waals surface area (Å²) in [6.45, 7) is 2.65. The highest BCUT2D eigenvalue weighted by atomic mass is 16.2. The minimum atomic E-state index is 0.0650. The second-order valence-corrected chi connectivity index (χ2v) is 2.21. The quantitative estimate of drug-likeness (QED) is 0.565. The SMILES string of the molecule is CC#CCN(C)C(=O)CNC. The summed E-state index contributed by atoms with van der Waals surface area (Å²) in [6.07, 6.45) is 0. The Balaban J connectivity index is 3.69. The molecular weight excluding hydrogens is 140 g/mol. The normalized spacial score (nSPS) is 8.27. The van der Waals surface area contributed by atoms with Gasteiger partial charge in [0.15, 0.2) is 0 Å². The zero-order valence-electron chi connectivity index (χ0n) is 7.27. The van der Waals surface area contributed by atoms with Crippen LogP contribution in [0.15, 0.2) is 0 Å². The maximum Gasteiger partial charge on any atom is 0.237 e. The number of hydrogen-bond acceptors (Lipinski definition) is 2. The van der Waals surface area contributed by atoms with Crippen molar-refractivity contribution in [2.45, 2.75) is 6.92 Å². The van der Waals surface area contributed by atoms with E-state index in [2.05, 4.69) is 17.2 Å². The molecule has 0 aromatic rings. The monoisotopic (exact) mass is 154 g/mol. The summed E-state index contributed by atoms with van der Waals surface area (Å²) in [5.41, 5.74) is 0. The number of hydrogen-bond donors (Lipinski definition) is 1. The van der Waals surface area contributed by atoms with E-state index in [0.29, 0.717) is 13.1 Å². The minimum absolute atomic E-state index is 0.0650. The predicted molar refractivity (Wildman–Crippen MR) is 45.0 cm³/mol. The molecular formula is C8H14N2O. The van der Waals surface area contributed by atoms with Gasteiger partial charge in [-0.2, -0.15) is 0 Å². The molecule has 0 radical (unpaired) electrons. The summed E-state index contributed by atoms with van der Waals surface area (Å²) in [6, 6.07) is 0. The first-order valence-electron chi connectivity index (χ1n) is 3.50. The Labute approximate surface area is 67.8 Å². The molecule has 0 saturated heterocycles. The van der Waals surface area contributed by atoms with E-state index in [9.17, 15) is 4.79 Å². The number of amides is 1. The second-order valence-electron chi connectivity index (χ2n) is 2.21. The molecule has 0 spiro atoms. The maximum absolute atomic E-state index is 11.0.